The van der Waals surface area contributed by atoms with Crippen molar-refractivity contribution in [2.75, 3.05) is 36.5 Å². The number of ether oxygens (including phenoxy) is 1. The van der Waals surface area contributed by atoms with E-state index in [2.05, 4.69) is 15.4 Å². The molecule has 0 saturated carbocycles. The van der Waals surface area contributed by atoms with Crippen molar-refractivity contribution < 1.29 is 18.8 Å². The number of fused-ring (bicyclic) bond motifs is 1. The third kappa shape index (κ3) is 4.10. The summed E-state index contributed by atoms with van der Waals surface area (Å²) in [5, 5.41) is 16.5. The molecule has 146 valence electrons. The van der Waals surface area contributed by atoms with Crippen LogP contribution in [0, 0.1) is 11.3 Å². The third-order valence-electron chi connectivity index (χ3n) is 4.37. The van der Waals surface area contributed by atoms with E-state index in [0.717, 1.165) is 18.7 Å². The number of nitrogens with zero attached hydrogens (tertiary/aromatic N) is 3. The van der Waals surface area contributed by atoms with Crippen LogP contribution in [0.3, 0.4) is 0 Å². The number of anilines is 2. The van der Waals surface area contributed by atoms with Crippen LogP contribution in [0.4, 0.5) is 11.6 Å². The number of hydrogen-bond donors (Lipinski definition) is 1. The molecule has 8 nitrogen and oxygen atoms in total. The maximum absolute atomic E-state index is 12.3. The monoisotopic (exact) mass is 402 g/mol. The molecule has 9 heteroatoms. The van der Waals surface area contributed by atoms with Crippen LogP contribution in [0.1, 0.15) is 46.2 Å². The van der Waals surface area contributed by atoms with Crippen LogP contribution in [-0.2, 0) is 4.74 Å². The summed E-state index contributed by atoms with van der Waals surface area (Å²) in [4.78, 5) is 26.2. The Hall–Kier alpha value is -3.05. The average molecular weight is 403 g/mol. The number of nitriles is 1. The highest BCUT2D eigenvalue weighted by molar-refractivity contribution is 6.31. The van der Waals surface area contributed by atoms with E-state index in [-0.39, 0.29) is 29.5 Å². The molecule has 0 saturated heterocycles. The van der Waals surface area contributed by atoms with Gasteiger partial charge in [-0.2, -0.15) is 5.26 Å². The van der Waals surface area contributed by atoms with Gasteiger partial charge in [-0.3, -0.25) is 4.79 Å². The van der Waals surface area contributed by atoms with Crippen molar-refractivity contribution in [1.82, 2.24) is 5.16 Å². The largest absolute Gasteiger partial charge is 0.461 e. The van der Waals surface area contributed by atoms with E-state index >= 15 is 0 Å². The van der Waals surface area contributed by atoms with Gasteiger partial charge in [-0.05, 0) is 31.5 Å². The summed E-state index contributed by atoms with van der Waals surface area (Å²) in [5.74, 6) is -0.505. The Morgan fingerprint density at radius 3 is 3.07 bits per heavy atom. The third-order valence-corrected chi connectivity index (χ3v) is 4.61. The summed E-state index contributed by atoms with van der Waals surface area (Å²) in [6.07, 6.45) is 1.21. The van der Waals surface area contributed by atoms with Gasteiger partial charge in [0.2, 0.25) is 11.6 Å². The highest BCUT2D eigenvalue weighted by Gasteiger charge is 2.24. The van der Waals surface area contributed by atoms with Crippen LogP contribution >= 0.6 is 11.6 Å². The minimum Gasteiger partial charge on any atom is -0.461 e. The molecule has 0 fully saturated rings. The van der Waals surface area contributed by atoms with Gasteiger partial charge in [-0.1, -0.05) is 16.8 Å². The minimum atomic E-state index is -0.701. The Morgan fingerprint density at radius 2 is 2.32 bits per heavy atom. The number of benzene rings is 1. The van der Waals surface area contributed by atoms with Crippen molar-refractivity contribution in [2.24, 2.45) is 0 Å². The molecular formula is C19H19ClN4O4. The predicted octanol–water partition coefficient (Wildman–Crippen LogP) is 3.27. The van der Waals surface area contributed by atoms with Gasteiger partial charge in [0.25, 0.3) is 0 Å². The summed E-state index contributed by atoms with van der Waals surface area (Å²) in [6.45, 7) is 3.54. The number of esters is 1. The van der Waals surface area contributed by atoms with E-state index in [1.54, 1.807) is 19.1 Å². The summed E-state index contributed by atoms with van der Waals surface area (Å²) in [5.41, 5.74) is 1.31. The number of rotatable bonds is 6. The quantitative estimate of drug-likeness (QED) is 0.733. The molecule has 0 bridgehead atoms. The van der Waals surface area contributed by atoms with Crippen LogP contribution in [0.2, 0.25) is 5.02 Å². The molecule has 28 heavy (non-hydrogen) atoms. The lowest BCUT2D eigenvalue weighted by molar-refractivity contribution is 0.0514. The maximum atomic E-state index is 12.3. The lowest BCUT2D eigenvalue weighted by Gasteiger charge is -2.24. The molecule has 2 aromatic rings. The lowest BCUT2D eigenvalue weighted by atomic mass is 10.1. The Morgan fingerprint density at radius 1 is 1.50 bits per heavy atom. The Balaban J connectivity index is 1.71. The molecule has 0 amide bonds. The van der Waals surface area contributed by atoms with E-state index in [1.807, 2.05) is 12.1 Å². The first-order chi connectivity index (χ1) is 13.5. The van der Waals surface area contributed by atoms with Crippen molar-refractivity contribution in [3.05, 3.63) is 40.0 Å². The molecule has 0 aliphatic carbocycles. The van der Waals surface area contributed by atoms with Crippen LogP contribution in [-0.4, -0.2) is 43.2 Å². The molecule has 0 atom stereocenters. The number of nitrogens with one attached hydrogen (secondary N) is 1. The summed E-state index contributed by atoms with van der Waals surface area (Å²) in [7, 11) is 0. The van der Waals surface area contributed by atoms with E-state index in [0.29, 0.717) is 30.1 Å². The summed E-state index contributed by atoms with van der Waals surface area (Å²) >= 11 is 6.04. The maximum Gasteiger partial charge on any atom is 0.362 e. The Labute approximate surface area is 167 Å². The predicted molar refractivity (Wildman–Crippen MR) is 103 cm³/mol. The number of carbonyl (C=O) groups is 2. The second kappa shape index (κ2) is 8.76. The molecule has 1 aromatic heterocycles. The first-order valence-corrected chi connectivity index (χ1v) is 9.31. The van der Waals surface area contributed by atoms with Crippen LogP contribution in [0.5, 0.6) is 0 Å². The molecule has 1 aromatic carbocycles. The van der Waals surface area contributed by atoms with Gasteiger partial charge in [0.1, 0.15) is 6.07 Å². The molecule has 1 aliphatic rings. The molecule has 0 spiro atoms. The highest BCUT2D eigenvalue weighted by atomic mass is 35.5. The van der Waals surface area contributed by atoms with Crippen LogP contribution in [0.15, 0.2) is 22.7 Å². The van der Waals surface area contributed by atoms with Crippen molar-refractivity contribution in [3.63, 3.8) is 0 Å². The minimum absolute atomic E-state index is 0.0108. The number of Topliss-reactive ketones (excluding diaryl/α,β-unsaturated/α-hetero) is 1. The number of aromatic nitrogens is 1. The van der Waals surface area contributed by atoms with Crippen molar-refractivity contribution in [1.29, 1.82) is 5.26 Å². The number of hydrogen-bond acceptors (Lipinski definition) is 8. The number of halogens is 1. The zero-order valence-electron chi connectivity index (χ0n) is 15.3. The summed E-state index contributed by atoms with van der Waals surface area (Å²) < 4.78 is 9.96. The first-order valence-electron chi connectivity index (χ1n) is 8.93. The van der Waals surface area contributed by atoms with Crippen molar-refractivity contribution in [3.8, 4) is 6.07 Å². The van der Waals surface area contributed by atoms with Gasteiger partial charge in [0, 0.05) is 42.3 Å². The normalized spacial score (nSPS) is 13.5. The average Bonchev–Trinajstić information content (AvgIpc) is 3.03. The van der Waals surface area contributed by atoms with E-state index < -0.39 is 5.97 Å². The second-order valence-corrected chi connectivity index (χ2v) is 6.61. The number of carbonyl (C=O) groups excluding carboxylic acids is 2. The zero-order chi connectivity index (χ0) is 20.1. The van der Waals surface area contributed by atoms with Gasteiger partial charge in [0.05, 0.1) is 6.61 Å². The van der Waals surface area contributed by atoms with E-state index in [9.17, 15) is 14.9 Å². The Kier molecular flexibility index (Phi) is 6.16. The van der Waals surface area contributed by atoms with Crippen molar-refractivity contribution >= 4 is 34.9 Å². The molecule has 1 N–H and O–H groups in total. The fourth-order valence-corrected chi connectivity index (χ4v) is 3.25. The zero-order valence-corrected chi connectivity index (χ0v) is 16.1. The SMILES string of the molecule is CCOC(=O)c1noc(NCCN2CCCC(=O)c3cc(Cl)ccc32)c1C#N. The smallest absolute Gasteiger partial charge is 0.362 e. The fraction of sp³-hybridized carbons (Fsp3) is 0.368. The van der Waals surface area contributed by atoms with Crippen molar-refractivity contribution in [2.45, 2.75) is 19.8 Å². The molecular weight excluding hydrogens is 384 g/mol. The van der Waals surface area contributed by atoms with Gasteiger partial charge >= 0.3 is 5.97 Å². The fourth-order valence-electron chi connectivity index (χ4n) is 3.08. The van der Waals surface area contributed by atoms with Gasteiger partial charge in [0.15, 0.2) is 11.3 Å². The van der Waals surface area contributed by atoms with E-state index in [1.165, 1.54) is 0 Å². The van der Waals surface area contributed by atoms with Gasteiger partial charge < -0.3 is 19.5 Å². The topological polar surface area (TPSA) is 108 Å². The van der Waals surface area contributed by atoms with E-state index in [4.69, 9.17) is 20.9 Å². The first kappa shape index (κ1) is 19.7. The molecule has 2 heterocycles. The van der Waals surface area contributed by atoms with Crippen LogP contribution in [0.25, 0.3) is 0 Å². The van der Waals surface area contributed by atoms with Crippen LogP contribution < -0.4 is 10.2 Å². The molecule has 3 rings (SSSR count). The Bertz CT molecular complexity index is 935. The molecule has 1 aliphatic heterocycles. The molecule has 0 unspecified atom stereocenters. The highest BCUT2D eigenvalue weighted by Crippen LogP contribution is 2.29. The lowest BCUT2D eigenvalue weighted by Crippen LogP contribution is -2.30. The standard InChI is InChI=1S/C19H19ClN4O4/c1-2-27-19(26)17-14(11-21)18(28-23-17)22-7-9-24-8-3-4-16(25)13-10-12(20)5-6-15(13)24/h5-6,10,22H,2-4,7-9H2,1H3. The summed E-state index contributed by atoms with van der Waals surface area (Å²) in [6, 6.07) is 7.21. The van der Waals surface area contributed by atoms with Gasteiger partial charge in [-0.25, -0.2) is 4.79 Å². The molecule has 0 radical (unpaired) electrons. The number of ketones is 1. The van der Waals surface area contributed by atoms with Gasteiger partial charge in [-0.15, -0.1) is 0 Å². The second-order valence-electron chi connectivity index (χ2n) is 6.17.